The van der Waals surface area contributed by atoms with Crippen molar-refractivity contribution in [1.29, 1.82) is 0 Å². The smallest absolute Gasteiger partial charge is 0.290 e. The van der Waals surface area contributed by atoms with Crippen molar-refractivity contribution in [2.24, 2.45) is 0 Å². The molecule has 0 bridgehead atoms. The molecule has 0 radical (unpaired) electrons. The van der Waals surface area contributed by atoms with Crippen molar-refractivity contribution in [3.8, 4) is 0 Å². The highest BCUT2D eigenvalue weighted by molar-refractivity contribution is 7.86. The maximum absolute atomic E-state index is 11.6. The van der Waals surface area contributed by atoms with Crippen LogP contribution in [0.3, 0.4) is 0 Å². The minimum absolute atomic E-state index is 0.215. The second-order valence-corrected chi connectivity index (χ2v) is 6.32. The van der Waals surface area contributed by atoms with Gasteiger partial charge in [-0.2, -0.15) is 8.42 Å². The van der Waals surface area contributed by atoms with Gasteiger partial charge in [-0.1, -0.05) is 0 Å². The van der Waals surface area contributed by atoms with E-state index in [0.717, 1.165) is 0 Å². The third kappa shape index (κ3) is 3.00. The van der Waals surface area contributed by atoms with Gasteiger partial charge in [0.15, 0.2) is 0 Å². The summed E-state index contributed by atoms with van der Waals surface area (Å²) >= 11 is 0. The molecule has 0 aromatic heterocycles. The number of fused-ring (bicyclic) bond motifs is 1. The predicted octanol–water partition coefficient (Wildman–Crippen LogP) is 0.295. The quantitative estimate of drug-likeness (QED) is 0.233. The minimum Gasteiger partial charge on any atom is -0.417 e. The number of nitrogens with zero attached hydrogens (tertiary/aromatic N) is 4. The van der Waals surface area contributed by atoms with Crippen molar-refractivity contribution in [2.75, 3.05) is 0 Å². The molecule has 0 fully saturated rings. The number of nitro groups is 3. The maximum atomic E-state index is 11.6. The van der Waals surface area contributed by atoms with Crippen LogP contribution >= 0.6 is 0 Å². The zero-order chi connectivity index (χ0) is 20.0. The van der Waals surface area contributed by atoms with E-state index in [1.807, 2.05) is 0 Å². The van der Waals surface area contributed by atoms with Crippen LogP contribution in [0, 0.1) is 35.6 Å². The molecule has 2 rings (SSSR count). The normalized spacial score (nSPS) is 18.5. The van der Waals surface area contributed by atoms with Crippen LogP contribution in [0.15, 0.2) is 23.9 Å². The molecule has 0 saturated heterocycles. The SMILES string of the molecule is O=[N+]([O-])C1=C/C(=[N+](/[O-])O)c2c(cc([N+](=O)[O-])cc2[N+](=O)[O-])C1S(=O)(=O)O. The van der Waals surface area contributed by atoms with Gasteiger partial charge in [0.1, 0.15) is 5.56 Å². The topological polar surface area (TPSA) is 230 Å². The van der Waals surface area contributed by atoms with Gasteiger partial charge in [0.25, 0.3) is 32.9 Å². The fourth-order valence-electron chi connectivity index (χ4n) is 2.43. The van der Waals surface area contributed by atoms with E-state index < -0.39 is 69.0 Å². The number of benzene rings is 1. The molecule has 1 aliphatic rings. The Balaban J connectivity index is 3.10. The van der Waals surface area contributed by atoms with Gasteiger partial charge in [-0.25, -0.2) is 0 Å². The largest absolute Gasteiger partial charge is 0.417 e. The first kappa shape index (κ1) is 18.7. The van der Waals surface area contributed by atoms with Crippen molar-refractivity contribution in [2.45, 2.75) is 5.25 Å². The van der Waals surface area contributed by atoms with E-state index in [1.165, 1.54) is 0 Å². The van der Waals surface area contributed by atoms with Gasteiger partial charge in [0.2, 0.25) is 5.25 Å². The Bertz CT molecular complexity index is 1020. The molecule has 1 aliphatic carbocycles. The number of rotatable bonds is 4. The molecule has 0 amide bonds. The van der Waals surface area contributed by atoms with Crippen molar-refractivity contribution >= 4 is 27.2 Å². The highest BCUT2D eigenvalue weighted by atomic mass is 32.2. The lowest BCUT2D eigenvalue weighted by atomic mass is 9.90. The van der Waals surface area contributed by atoms with E-state index in [0.29, 0.717) is 12.1 Å². The van der Waals surface area contributed by atoms with Crippen LogP contribution in [0.1, 0.15) is 16.4 Å². The van der Waals surface area contributed by atoms with E-state index in [9.17, 15) is 48.5 Å². The Labute approximate surface area is 141 Å². The molecule has 1 atom stereocenters. The summed E-state index contributed by atoms with van der Waals surface area (Å²) in [6.45, 7) is 0. The van der Waals surface area contributed by atoms with Gasteiger partial charge in [0.05, 0.1) is 26.9 Å². The molecule has 1 unspecified atom stereocenters. The minimum atomic E-state index is -5.34. The molecular formula is C10H6N4O11S. The molecule has 15 nitrogen and oxygen atoms in total. The Morgan fingerprint density at radius 1 is 0.962 bits per heavy atom. The summed E-state index contributed by atoms with van der Waals surface area (Å²) in [4.78, 5) is 28.5. The van der Waals surface area contributed by atoms with Crippen molar-refractivity contribution in [3.63, 3.8) is 0 Å². The molecule has 138 valence electrons. The van der Waals surface area contributed by atoms with E-state index in [4.69, 9.17) is 5.21 Å². The summed E-state index contributed by atoms with van der Waals surface area (Å²) in [7, 11) is -5.34. The molecule has 2 N–H and O–H groups in total. The average molecular weight is 390 g/mol. The second-order valence-electron chi connectivity index (χ2n) is 4.82. The fraction of sp³-hybridized carbons (Fsp3) is 0.100. The number of hydrogen-bond donors (Lipinski definition) is 2. The van der Waals surface area contributed by atoms with Gasteiger partial charge in [0, 0.05) is 16.5 Å². The van der Waals surface area contributed by atoms with E-state index in [-0.39, 0.29) is 6.08 Å². The molecular weight excluding hydrogens is 384 g/mol. The highest BCUT2D eigenvalue weighted by Gasteiger charge is 2.49. The van der Waals surface area contributed by atoms with E-state index in [2.05, 4.69) is 0 Å². The maximum Gasteiger partial charge on any atom is 0.290 e. The molecule has 26 heavy (non-hydrogen) atoms. The number of non-ortho nitro benzene ring substituents is 1. The zero-order valence-electron chi connectivity index (χ0n) is 12.1. The highest BCUT2D eigenvalue weighted by Crippen LogP contribution is 2.42. The third-order valence-electron chi connectivity index (χ3n) is 3.35. The van der Waals surface area contributed by atoms with E-state index in [1.54, 1.807) is 0 Å². The van der Waals surface area contributed by atoms with Gasteiger partial charge in [-0.3, -0.25) is 40.1 Å². The standard InChI is InChI=1S/C10H6N4O11S/c15-11(16)4-1-5-9(6(2-4)12(17)18)7(13(19)20)3-8(14(21)22)10(5)26(23,24)25/h1-3,10H,(H,19,20)(H,23,24,25). The van der Waals surface area contributed by atoms with Crippen molar-refractivity contribution in [3.05, 3.63) is 70.6 Å². The van der Waals surface area contributed by atoms with Crippen LogP contribution in [0.25, 0.3) is 0 Å². The lowest BCUT2D eigenvalue weighted by Gasteiger charge is -2.18. The lowest BCUT2D eigenvalue weighted by molar-refractivity contribution is -0.725. The predicted molar refractivity (Wildman–Crippen MR) is 78.6 cm³/mol. The summed E-state index contributed by atoms with van der Waals surface area (Å²) in [5, 5.41) is 51.1. The summed E-state index contributed by atoms with van der Waals surface area (Å²) in [5.74, 6) is 0. The van der Waals surface area contributed by atoms with Gasteiger partial charge >= 0.3 is 0 Å². The number of nitro benzene ring substituents is 2. The van der Waals surface area contributed by atoms with E-state index >= 15 is 0 Å². The number of allylic oxidation sites excluding steroid dienone is 1. The fourth-order valence-corrected chi connectivity index (χ4v) is 3.39. The van der Waals surface area contributed by atoms with Crippen molar-refractivity contribution < 1.29 is 37.8 Å². The Morgan fingerprint density at radius 3 is 1.92 bits per heavy atom. The van der Waals surface area contributed by atoms with Crippen LogP contribution < -0.4 is 0 Å². The van der Waals surface area contributed by atoms with Crippen LogP contribution in [0.5, 0.6) is 0 Å². The van der Waals surface area contributed by atoms with Crippen molar-refractivity contribution in [1.82, 2.24) is 0 Å². The van der Waals surface area contributed by atoms with Crippen LogP contribution in [0.2, 0.25) is 0 Å². The first-order valence-electron chi connectivity index (χ1n) is 6.18. The first-order valence-corrected chi connectivity index (χ1v) is 7.69. The van der Waals surface area contributed by atoms with Crippen LogP contribution in [0.4, 0.5) is 11.4 Å². The Hall–Kier alpha value is -3.66. The molecule has 0 aliphatic heterocycles. The summed E-state index contributed by atoms with van der Waals surface area (Å²) in [6, 6.07) is 0.787. The molecule has 1 aromatic carbocycles. The molecule has 0 heterocycles. The average Bonchev–Trinajstić information content (AvgIpc) is 2.50. The zero-order valence-corrected chi connectivity index (χ0v) is 12.9. The Morgan fingerprint density at radius 2 is 1.54 bits per heavy atom. The van der Waals surface area contributed by atoms with Gasteiger partial charge in [-0.15, -0.1) is 0 Å². The van der Waals surface area contributed by atoms with Crippen LogP contribution in [-0.4, -0.2) is 43.6 Å². The van der Waals surface area contributed by atoms with Gasteiger partial charge in [-0.05, 0) is 0 Å². The first-order chi connectivity index (χ1) is 11.9. The van der Waals surface area contributed by atoms with Gasteiger partial charge < -0.3 is 5.21 Å². The lowest BCUT2D eigenvalue weighted by Crippen LogP contribution is -2.29. The molecule has 0 saturated carbocycles. The molecule has 1 aromatic rings. The second kappa shape index (κ2) is 6.01. The molecule has 0 spiro atoms. The monoisotopic (exact) mass is 390 g/mol. The number of hydrogen-bond acceptors (Lipinski definition) is 10. The Kier molecular flexibility index (Phi) is 4.31. The van der Waals surface area contributed by atoms with Crippen LogP contribution in [-0.2, 0) is 10.1 Å². The third-order valence-corrected chi connectivity index (χ3v) is 4.44. The summed E-state index contributed by atoms with van der Waals surface area (Å²) in [6.07, 6.45) is 0.215. The summed E-state index contributed by atoms with van der Waals surface area (Å²) < 4.78 is 32.5. The summed E-state index contributed by atoms with van der Waals surface area (Å²) in [5.41, 5.74) is -6.55. The molecule has 16 heteroatoms.